The third-order valence-corrected chi connectivity index (χ3v) is 3.55. The van der Waals surface area contributed by atoms with Crippen LogP contribution in [0.25, 0.3) is 0 Å². The Morgan fingerprint density at radius 1 is 1.08 bits per heavy atom. The highest BCUT2D eigenvalue weighted by Crippen LogP contribution is 2.04. The fourth-order valence-electron chi connectivity index (χ4n) is 2.24. The highest BCUT2D eigenvalue weighted by Gasteiger charge is 2.20. The number of alkyl carbamates (subject to hydrolysis) is 1. The van der Waals surface area contributed by atoms with Crippen molar-refractivity contribution in [3.8, 4) is 0 Å². The Labute approximate surface area is 146 Å². The van der Waals surface area contributed by atoms with Crippen LogP contribution in [-0.4, -0.2) is 29.8 Å². The SMILES string of the molecule is Cc1cccc(CNC(=O)C(CO)NC(=O)OCc2ccccc2)c1. The quantitative estimate of drug-likeness (QED) is 0.717. The van der Waals surface area contributed by atoms with Gasteiger partial charge in [-0.25, -0.2) is 4.79 Å². The van der Waals surface area contributed by atoms with Crippen molar-refractivity contribution in [2.45, 2.75) is 26.1 Å². The summed E-state index contributed by atoms with van der Waals surface area (Å²) in [5.74, 6) is -0.472. The highest BCUT2D eigenvalue weighted by atomic mass is 16.5. The van der Waals surface area contributed by atoms with E-state index in [0.29, 0.717) is 6.54 Å². The molecule has 132 valence electrons. The Balaban J connectivity index is 1.79. The Hall–Kier alpha value is -2.86. The highest BCUT2D eigenvalue weighted by molar-refractivity contribution is 5.85. The van der Waals surface area contributed by atoms with Crippen molar-refractivity contribution >= 4 is 12.0 Å². The summed E-state index contributed by atoms with van der Waals surface area (Å²) < 4.78 is 5.05. The van der Waals surface area contributed by atoms with Crippen LogP contribution in [0, 0.1) is 6.92 Å². The second kappa shape index (κ2) is 9.44. The zero-order chi connectivity index (χ0) is 18.1. The number of hydrogen-bond donors (Lipinski definition) is 3. The molecule has 0 radical (unpaired) electrons. The molecule has 0 fully saturated rings. The predicted octanol–water partition coefficient (Wildman–Crippen LogP) is 1.90. The number of nitrogens with one attached hydrogen (secondary N) is 2. The molecule has 1 unspecified atom stereocenters. The van der Waals surface area contributed by atoms with Crippen molar-refractivity contribution in [3.05, 3.63) is 71.3 Å². The van der Waals surface area contributed by atoms with Gasteiger partial charge < -0.3 is 20.5 Å². The van der Waals surface area contributed by atoms with E-state index in [4.69, 9.17) is 4.74 Å². The lowest BCUT2D eigenvalue weighted by Crippen LogP contribution is -2.48. The maximum Gasteiger partial charge on any atom is 0.408 e. The van der Waals surface area contributed by atoms with Crippen LogP contribution in [0.5, 0.6) is 0 Å². The van der Waals surface area contributed by atoms with Gasteiger partial charge in [-0.3, -0.25) is 4.79 Å². The van der Waals surface area contributed by atoms with Crippen LogP contribution in [0.4, 0.5) is 4.79 Å². The lowest BCUT2D eigenvalue weighted by Gasteiger charge is -2.16. The van der Waals surface area contributed by atoms with E-state index in [-0.39, 0.29) is 6.61 Å². The van der Waals surface area contributed by atoms with Crippen LogP contribution < -0.4 is 10.6 Å². The first-order chi connectivity index (χ1) is 12.1. The van der Waals surface area contributed by atoms with Crippen LogP contribution in [0.15, 0.2) is 54.6 Å². The first kappa shape index (κ1) is 18.5. The molecule has 2 aromatic rings. The van der Waals surface area contributed by atoms with E-state index in [0.717, 1.165) is 16.7 Å². The first-order valence-corrected chi connectivity index (χ1v) is 8.00. The van der Waals surface area contributed by atoms with Gasteiger partial charge in [0, 0.05) is 6.54 Å². The summed E-state index contributed by atoms with van der Waals surface area (Å²) in [5.41, 5.74) is 2.87. The molecule has 6 nitrogen and oxygen atoms in total. The van der Waals surface area contributed by atoms with Gasteiger partial charge >= 0.3 is 6.09 Å². The smallest absolute Gasteiger partial charge is 0.408 e. The van der Waals surface area contributed by atoms with Gasteiger partial charge in [0.25, 0.3) is 0 Å². The molecule has 0 aromatic heterocycles. The summed E-state index contributed by atoms with van der Waals surface area (Å²) in [6.07, 6.45) is -0.756. The number of aryl methyl sites for hydroxylation is 1. The van der Waals surface area contributed by atoms with Crippen molar-refractivity contribution in [1.29, 1.82) is 0 Å². The molecular formula is C19H22N2O4. The van der Waals surface area contributed by atoms with Gasteiger partial charge in [-0.15, -0.1) is 0 Å². The molecule has 0 aliphatic heterocycles. The Morgan fingerprint density at radius 2 is 1.80 bits per heavy atom. The van der Waals surface area contributed by atoms with E-state index in [2.05, 4.69) is 10.6 Å². The molecule has 0 aliphatic rings. The standard InChI is InChI=1S/C19H22N2O4/c1-14-6-5-9-16(10-14)11-20-18(23)17(12-22)21-19(24)25-13-15-7-3-2-4-8-15/h2-10,17,22H,11-13H2,1H3,(H,20,23)(H,21,24). The molecular weight excluding hydrogens is 320 g/mol. The monoisotopic (exact) mass is 342 g/mol. The minimum absolute atomic E-state index is 0.0930. The van der Waals surface area contributed by atoms with Crippen LogP contribution in [-0.2, 0) is 22.7 Å². The summed E-state index contributed by atoms with van der Waals surface area (Å²) in [6.45, 7) is 1.86. The van der Waals surface area contributed by atoms with Crippen LogP contribution in [0.1, 0.15) is 16.7 Å². The minimum Gasteiger partial charge on any atom is -0.445 e. The summed E-state index contributed by atoms with van der Waals surface area (Å²) in [4.78, 5) is 23.9. The number of aliphatic hydroxyl groups is 1. The van der Waals surface area contributed by atoms with Gasteiger partial charge in [0.05, 0.1) is 6.61 Å². The number of benzene rings is 2. The van der Waals surface area contributed by atoms with Crippen molar-refractivity contribution in [1.82, 2.24) is 10.6 Å². The lowest BCUT2D eigenvalue weighted by atomic mass is 10.1. The van der Waals surface area contributed by atoms with E-state index in [1.54, 1.807) is 0 Å². The molecule has 0 spiro atoms. The summed E-state index contributed by atoms with van der Waals surface area (Å²) in [7, 11) is 0. The average molecular weight is 342 g/mol. The van der Waals surface area contributed by atoms with Gasteiger partial charge in [-0.2, -0.15) is 0 Å². The zero-order valence-corrected chi connectivity index (χ0v) is 14.1. The van der Waals surface area contributed by atoms with E-state index in [9.17, 15) is 14.7 Å². The fraction of sp³-hybridized carbons (Fsp3) is 0.263. The number of rotatable bonds is 7. The summed E-state index contributed by atoms with van der Waals surface area (Å²) in [6, 6.07) is 15.8. The fourth-order valence-corrected chi connectivity index (χ4v) is 2.24. The second-order valence-corrected chi connectivity index (χ2v) is 5.65. The molecule has 6 heteroatoms. The van der Waals surface area contributed by atoms with E-state index in [1.165, 1.54) is 0 Å². The van der Waals surface area contributed by atoms with Crippen molar-refractivity contribution < 1.29 is 19.4 Å². The number of amides is 2. The number of hydrogen-bond acceptors (Lipinski definition) is 4. The van der Waals surface area contributed by atoms with Crippen LogP contribution >= 0.6 is 0 Å². The number of carbonyl (C=O) groups excluding carboxylic acids is 2. The van der Waals surface area contributed by atoms with Gasteiger partial charge in [0.15, 0.2) is 0 Å². The molecule has 2 aromatic carbocycles. The summed E-state index contributed by atoms with van der Waals surface area (Å²) in [5, 5.41) is 14.4. The molecule has 0 aliphatic carbocycles. The third-order valence-electron chi connectivity index (χ3n) is 3.55. The second-order valence-electron chi connectivity index (χ2n) is 5.65. The van der Waals surface area contributed by atoms with Crippen molar-refractivity contribution in [3.63, 3.8) is 0 Å². The predicted molar refractivity (Wildman–Crippen MR) is 93.7 cm³/mol. The van der Waals surface area contributed by atoms with Gasteiger partial charge in [-0.05, 0) is 18.1 Å². The molecule has 3 N–H and O–H groups in total. The molecule has 25 heavy (non-hydrogen) atoms. The Bertz CT molecular complexity index is 704. The molecule has 2 rings (SSSR count). The molecule has 0 saturated heterocycles. The number of carbonyl (C=O) groups is 2. The average Bonchev–Trinajstić information content (AvgIpc) is 2.63. The van der Waals surface area contributed by atoms with E-state index < -0.39 is 24.6 Å². The normalized spacial score (nSPS) is 11.4. The van der Waals surface area contributed by atoms with Crippen LogP contribution in [0.3, 0.4) is 0 Å². The zero-order valence-electron chi connectivity index (χ0n) is 14.1. The van der Waals surface area contributed by atoms with E-state index in [1.807, 2.05) is 61.5 Å². The van der Waals surface area contributed by atoms with E-state index >= 15 is 0 Å². The number of ether oxygens (including phenoxy) is 1. The van der Waals surface area contributed by atoms with Crippen molar-refractivity contribution in [2.75, 3.05) is 6.61 Å². The number of aliphatic hydroxyl groups excluding tert-OH is 1. The Morgan fingerprint density at radius 3 is 2.48 bits per heavy atom. The van der Waals surface area contributed by atoms with Gasteiger partial charge in [-0.1, -0.05) is 60.2 Å². The largest absolute Gasteiger partial charge is 0.445 e. The molecule has 2 amide bonds. The van der Waals surface area contributed by atoms with Gasteiger partial charge in [0.2, 0.25) is 5.91 Å². The van der Waals surface area contributed by atoms with Gasteiger partial charge in [0.1, 0.15) is 12.6 Å². The molecule has 0 bridgehead atoms. The first-order valence-electron chi connectivity index (χ1n) is 8.00. The molecule has 1 atom stereocenters. The third kappa shape index (κ3) is 6.27. The molecule has 0 heterocycles. The lowest BCUT2D eigenvalue weighted by molar-refractivity contribution is -0.124. The minimum atomic E-state index is -1.06. The van der Waals surface area contributed by atoms with Crippen LogP contribution in [0.2, 0.25) is 0 Å². The maximum absolute atomic E-state index is 12.1. The maximum atomic E-state index is 12.1. The Kier molecular flexibility index (Phi) is 6.98. The topological polar surface area (TPSA) is 87.7 Å². The summed E-state index contributed by atoms with van der Waals surface area (Å²) >= 11 is 0. The molecule has 0 saturated carbocycles. The van der Waals surface area contributed by atoms with Crippen molar-refractivity contribution in [2.24, 2.45) is 0 Å².